The molecule has 0 aromatic heterocycles. The molecule has 0 saturated carbocycles. The Bertz CT molecular complexity index is 454. The highest BCUT2D eigenvalue weighted by molar-refractivity contribution is 7.81. The smallest absolute Gasteiger partial charge is 0.248 e. The average Bonchev–Trinajstić information content (AvgIpc) is 2.74. The van der Waals surface area contributed by atoms with E-state index in [4.69, 9.17) is 8.37 Å². The molecule has 188 valence electrons. The predicted molar refractivity (Wildman–Crippen MR) is 133 cm³/mol. The Morgan fingerprint density at radius 2 is 0.871 bits per heavy atom. The fourth-order valence-corrected chi connectivity index (χ4v) is 4.45. The monoisotopic (exact) mass is 462 g/mol. The van der Waals surface area contributed by atoms with E-state index in [9.17, 15) is 8.42 Å². The molecule has 0 amide bonds. The third-order valence-corrected chi connectivity index (χ3v) is 7.75. The first kappa shape index (κ1) is 30.9. The Hall–Kier alpha value is -0.130. The second-order valence-corrected chi connectivity index (χ2v) is 11.4. The SMILES string of the molecule is CCC(C)CCC(C)CCCCCOS(=O)(=O)OCCCCCC(C)CCC(C)CC. The Balaban J connectivity index is 3.60. The van der Waals surface area contributed by atoms with E-state index in [0.29, 0.717) is 0 Å². The van der Waals surface area contributed by atoms with Gasteiger partial charge in [-0.25, -0.2) is 8.37 Å². The van der Waals surface area contributed by atoms with E-state index in [1.807, 2.05) is 0 Å². The van der Waals surface area contributed by atoms with Gasteiger partial charge in [0.05, 0.1) is 13.2 Å². The lowest BCUT2D eigenvalue weighted by atomic mass is 9.93. The van der Waals surface area contributed by atoms with Crippen LogP contribution in [0.25, 0.3) is 0 Å². The summed E-state index contributed by atoms with van der Waals surface area (Å²) < 4.78 is 33.6. The fourth-order valence-electron chi connectivity index (χ4n) is 3.73. The molecule has 4 unspecified atom stereocenters. The first-order valence-electron chi connectivity index (χ1n) is 13.2. The molecule has 0 heterocycles. The van der Waals surface area contributed by atoms with Gasteiger partial charge in [-0.1, -0.05) is 119 Å². The van der Waals surface area contributed by atoms with Gasteiger partial charge in [-0.2, -0.15) is 8.42 Å². The van der Waals surface area contributed by atoms with Crippen molar-refractivity contribution in [2.45, 2.75) is 131 Å². The van der Waals surface area contributed by atoms with Crippen molar-refractivity contribution in [3.8, 4) is 0 Å². The normalized spacial score (nSPS) is 16.2. The van der Waals surface area contributed by atoms with Gasteiger partial charge in [0.15, 0.2) is 0 Å². The molecule has 0 aliphatic heterocycles. The summed E-state index contributed by atoms with van der Waals surface area (Å²) in [5, 5.41) is 0. The molecule has 0 rings (SSSR count). The van der Waals surface area contributed by atoms with Crippen molar-refractivity contribution in [2.75, 3.05) is 13.2 Å². The Morgan fingerprint density at radius 1 is 0.516 bits per heavy atom. The summed E-state index contributed by atoms with van der Waals surface area (Å²) in [5.41, 5.74) is 0. The van der Waals surface area contributed by atoms with Crippen LogP contribution >= 0.6 is 0 Å². The molecule has 0 radical (unpaired) electrons. The van der Waals surface area contributed by atoms with Crippen molar-refractivity contribution in [1.29, 1.82) is 0 Å². The molecule has 0 fully saturated rings. The molecule has 0 aromatic carbocycles. The van der Waals surface area contributed by atoms with Gasteiger partial charge < -0.3 is 0 Å². The summed E-state index contributed by atoms with van der Waals surface area (Å²) in [6.07, 6.45) is 16.0. The molecular weight excluding hydrogens is 408 g/mol. The minimum Gasteiger partial charge on any atom is -0.248 e. The molecule has 0 saturated heterocycles. The van der Waals surface area contributed by atoms with E-state index < -0.39 is 10.4 Å². The standard InChI is InChI=1S/C26H54O4S/c1-7-23(3)17-19-25(5)15-11-9-13-21-29-31(27,28)30-22-14-10-12-16-26(6)20-18-24(4)8-2/h23-26H,7-22H2,1-6H3. The van der Waals surface area contributed by atoms with Crippen LogP contribution in [-0.2, 0) is 18.8 Å². The summed E-state index contributed by atoms with van der Waals surface area (Å²) in [5.74, 6) is 3.16. The molecule has 0 aliphatic carbocycles. The topological polar surface area (TPSA) is 52.6 Å². The molecule has 4 nitrogen and oxygen atoms in total. The van der Waals surface area contributed by atoms with E-state index in [-0.39, 0.29) is 13.2 Å². The third kappa shape index (κ3) is 20.2. The molecule has 0 N–H and O–H groups in total. The second kappa shape index (κ2) is 19.3. The van der Waals surface area contributed by atoms with Crippen molar-refractivity contribution in [1.82, 2.24) is 0 Å². The van der Waals surface area contributed by atoms with Crippen LogP contribution in [0, 0.1) is 23.7 Å². The Labute approximate surface area is 195 Å². The van der Waals surface area contributed by atoms with Crippen molar-refractivity contribution < 1.29 is 16.8 Å². The van der Waals surface area contributed by atoms with Gasteiger partial charge in [-0.15, -0.1) is 0 Å². The van der Waals surface area contributed by atoms with Gasteiger partial charge in [0.1, 0.15) is 0 Å². The summed E-state index contributed by atoms with van der Waals surface area (Å²) in [6, 6.07) is 0. The van der Waals surface area contributed by atoms with Crippen molar-refractivity contribution in [2.24, 2.45) is 23.7 Å². The van der Waals surface area contributed by atoms with E-state index >= 15 is 0 Å². The minimum absolute atomic E-state index is 0.233. The first-order valence-corrected chi connectivity index (χ1v) is 14.6. The third-order valence-electron chi connectivity index (χ3n) is 6.84. The number of unbranched alkanes of at least 4 members (excludes halogenated alkanes) is 4. The lowest BCUT2D eigenvalue weighted by Gasteiger charge is -2.14. The fraction of sp³-hybridized carbons (Fsp3) is 1.00. The number of hydrogen-bond donors (Lipinski definition) is 0. The minimum atomic E-state index is -3.83. The van der Waals surface area contributed by atoms with Crippen LogP contribution in [-0.4, -0.2) is 21.6 Å². The van der Waals surface area contributed by atoms with E-state index in [2.05, 4.69) is 41.5 Å². The molecule has 0 aliphatic rings. The van der Waals surface area contributed by atoms with Crippen molar-refractivity contribution in [3.05, 3.63) is 0 Å². The highest BCUT2D eigenvalue weighted by atomic mass is 32.3. The summed E-state index contributed by atoms with van der Waals surface area (Å²) in [7, 11) is -3.83. The van der Waals surface area contributed by atoms with E-state index in [0.717, 1.165) is 62.2 Å². The van der Waals surface area contributed by atoms with Crippen LogP contribution in [0.2, 0.25) is 0 Å². The average molecular weight is 463 g/mol. The van der Waals surface area contributed by atoms with Crippen LogP contribution < -0.4 is 0 Å². The summed E-state index contributed by atoms with van der Waals surface area (Å²) in [4.78, 5) is 0. The maximum Gasteiger partial charge on any atom is 0.399 e. The van der Waals surface area contributed by atoms with Gasteiger partial charge in [-0.05, 0) is 36.5 Å². The van der Waals surface area contributed by atoms with Gasteiger partial charge in [0.2, 0.25) is 0 Å². The highest BCUT2D eigenvalue weighted by Crippen LogP contribution is 2.20. The lowest BCUT2D eigenvalue weighted by molar-refractivity contribution is 0.207. The Kier molecular flexibility index (Phi) is 19.3. The van der Waals surface area contributed by atoms with E-state index in [1.54, 1.807) is 0 Å². The molecule has 4 atom stereocenters. The maximum atomic E-state index is 11.8. The largest absolute Gasteiger partial charge is 0.399 e. The zero-order valence-corrected chi connectivity index (χ0v) is 22.5. The highest BCUT2D eigenvalue weighted by Gasteiger charge is 2.12. The molecule has 31 heavy (non-hydrogen) atoms. The molecule has 0 aromatic rings. The van der Waals surface area contributed by atoms with Gasteiger partial charge in [0, 0.05) is 0 Å². The van der Waals surface area contributed by atoms with Crippen LogP contribution in [0.15, 0.2) is 0 Å². The molecule has 0 spiro atoms. The number of hydrogen-bond acceptors (Lipinski definition) is 4. The van der Waals surface area contributed by atoms with Crippen LogP contribution in [0.5, 0.6) is 0 Å². The molecular formula is C26H54O4S. The summed E-state index contributed by atoms with van der Waals surface area (Å²) >= 11 is 0. The first-order chi connectivity index (χ1) is 14.7. The van der Waals surface area contributed by atoms with Crippen molar-refractivity contribution >= 4 is 10.4 Å². The van der Waals surface area contributed by atoms with Crippen LogP contribution in [0.4, 0.5) is 0 Å². The maximum absolute atomic E-state index is 11.8. The van der Waals surface area contributed by atoms with Gasteiger partial charge >= 0.3 is 10.4 Å². The van der Waals surface area contributed by atoms with E-state index in [1.165, 1.54) is 51.4 Å². The zero-order valence-electron chi connectivity index (χ0n) is 21.7. The molecule has 0 bridgehead atoms. The van der Waals surface area contributed by atoms with Crippen molar-refractivity contribution in [3.63, 3.8) is 0 Å². The Morgan fingerprint density at radius 3 is 1.23 bits per heavy atom. The predicted octanol–water partition coefficient (Wildman–Crippen LogP) is 8.31. The van der Waals surface area contributed by atoms with Crippen LogP contribution in [0.3, 0.4) is 0 Å². The summed E-state index contributed by atoms with van der Waals surface area (Å²) in [6.45, 7) is 14.3. The van der Waals surface area contributed by atoms with Crippen LogP contribution in [0.1, 0.15) is 131 Å². The lowest BCUT2D eigenvalue weighted by Crippen LogP contribution is -2.12. The number of rotatable bonds is 22. The quantitative estimate of drug-likeness (QED) is 0.152. The second-order valence-electron chi connectivity index (χ2n) is 10.1. The molecule has 5 heteroatoms. The van der Waals surface area contributed by atoms with Gasteiger partial charge in [-0.3, -0.25) is 0 Å². The zero-order chi connectivity index (χ0) is 23.5. The van der Waals surface area contributed by atoms with Gasteiger partial charge in [0.25, 0.3) is 0 Å².